The highest BCUT2D eigenvalue weighted by molar-refractivity contribution is 7.80. The molecule has 2 aliphatic heterocycles. The van der Waals surface area contributed by atoms with Crippen molar-refractivity contribution in [3.63, 3.8) is 0 Å². The van der Waals surface area contributed by atoms with E-state index in [0.717, 1.165) is 28.8 Å². The van der Waals surface area contributed by atoms with Crippen LogP contribution in [-0.4, -0.2) is 53.5 Å². The highest BCUT2D eigenvalue weighted by atomic mass is 32.1. The van der Waals surface area contributed by atoms with E-state index in [4.69, 9.17) is 17.0 Å². The number of pyridine rings is 1. The van der Waals surface area contributed by atoms with Crippen LogP contribution in [0.2, 0.25) is 0 Å². The molecule has 2 aromatic rings. The van der Waals surface area contributed by atoms with Crippen LogP contribution in [-0.2, 0) is 6.18 Å². The van der Waals surface area contributed by atoms with Gasteiger partial charge in [0.15, 0.2) is 5.11 Å². The molecule has 10 heteroatoms. The van der Waals surface area contributed by atoms with E-state index in [-0.39, 0.29) is 0 Å². The molecule has 164 valence electrons. The van der Waals surface area contributed by atoms with Crippen LogP contribution < -0.4 is 15.1 Å². The van der Waals surface area contributed by atoms with Crippen LogP contribution in [0.5, 0.6) is 5.75 Å². The van der Waals surface area contributed by atoms with E-state index in [2.05, 4.69) is 15.5 Å². The summed E-state index contributed by atoms with van der Waals surface area (Å²) in [5, 5.41) is 4.94. The largest absolute Gasteiger partial charge is 0.491 e. The summed E-state index contributed by atoms with van der Waals surface area (Å²) in [6.45, 7) is 4.80. The third-order valence-corrected chi connectivity index (χ3v) is 5.70. The number of halogens is 3. The highest BCUT2D eigenvalue weighted by Crippen LogP contribution is 2.32. The standard InChI is InChI=1S/C21H22F3N5OS/c1-14-5-7-25-18-17(6-12-30-19(14)18)26-27-20(31)29-10-8-28(9-11-29)16-4-2-3-15(13-16)21(22,23)24/h2-5,7,13H,6,8-12H2,1H3,(H,27,31)/b26-17-. The van der Waals surface area contributed by atoms with Gasteiger partial charge in [-0.1, -0.05) is 6.07 Å². The Kier molecular flexibility index (Phi) is 5.99. The van der Waals surface area contributed by atoms with Crippen LogP contribution in [0, 0.1) is 6.92 Å². The maximum Gasteiger partial charge on any atom is 0.416 e. The number of ether oxygens (including phenoxy) is 1. The number of hydrogen-bond acceptors (Lipinski definition) is 5. The van der Waals surface area contributed by atoms with Crippen LogP contribution >= 0.6 is 12.2 Å². The number of fused-ring (bicyclic) bond motifs is 1. The van der Waals surface area contributed by atoms with E-state index in [0.29, 0.717) is 50.0 Å². The van der Waals surface area contributed by atoms with Gasteiger partial charge in [0.05, 0.1) is 17.9 Å². The highest BCUT2D eigenvalue weighted by Gasteiger charge is 2.31. The molecule has 6 nitrogen and oxygen atoms in total. The predicted octanol–water partition coefficient (Wildman–Crippen LogP) is 3.59. The molecule has 0 aliphatic carbocycles. The van der Waals surface area contributed by atoms with Crippen LogP contribution in [0.1, 0.15) is 23.2 Å². The number of nitrogens with zero attached hydrogens (tertiary/aromatic N) is 4. The molecule has 0 saturated carbocycles. The quantitative estimate of drug-likeness (QED) is 0.559. The Hall–Kier alpha value is -2.88. The van der Waals surface area contributed by atoms with Crippen molar-refractivity contribution in [3.8, 4) is 5.75 Å². The number of piperazine rings is 1. The Morgan fingerprint density at radius 1 is 1.19 bits per heavy atom. The minimum Gasteiger partial charge on any atom is -0.491 e. The Bertz CT molecular complexity index is 1000. The zero-order valence-corrected chi connectivity index (χ0v) is 17.8. The number of thiocarbonyl (C=S) groups is 1. The second-order valence-electron chi connectivity index (χ2n) is 7.40. The van der Waals surface area contributed by atoms with Crippen LogP contribution in [0.15, 0.2) is 41.6 Å². The first-order valence-electron chi connectivity index (χ1n) is 9.95. The van der Waals surface area contributed by atoms with Gasteiger partial charge in [0.2, 0.25) is 0 Å². The summed E-state index contributed by atoms with van der Waals surface area (Å²) in [5.74, 6) is 0.745. The summed E-state index contributed by atoms with van der Waals surface area (Å²) >= 11 is 5.48. The number of aromatic nitrogens is 1. The van der Waals surface area contributed by atoms with Gasteiger partial charge in [0.25, 0.3) is 0 Å². The Labute approximate surface area is 183 Å². The molecule has 4 rings (SSSR count). The molecule has 31 heavy (non-hydrogen) atoms. The summed E-state index contributed by atoms with van der Waals surface area (Å²) in [4.78, 5) is 8.28. The normalized spacial score (nSPS) is 17.9. The maximum absolute atomic E-state index is 13.0. The van der Waals surface area contributed by atoms with Crippen molar-refractivity contribution >= 4 is 28.7 Å². The first kappa shape index (κ1) is 21.4. The molecule has 0 radical (unpaired) electrons. The number of hydrogen-bond donors (Lipinski definition) is 1. The summed E-state index contributed by atoms with van der Waals surface area (Å²) in [5.41, 5.74) is 5.39. The van der Waals surface area contributed by atoms with Gasteiger partial charge in [-0.15, -0.1) is 0 Å². The van der Waals surface area contributed by atoms with E-state index in [1.165, 1.54) is 12.1 Å². The Morgan fingerprint density at radius 2 is 1.97 bits per heavy atom. The van der Waals surface area contributed by atoms with Gasteiger partial charge in [-0.05, 0) is 49.0 Å². The summed E-state index contributed by atoms with van der Waals surface area (Å²) in [6.07, 6.45) is -2.00. The van der Waals surface area contributed by atoms with Crippen molar-refractivity contribution in [1.29, 1.82) is 0 Å². The third-order valence-electron chi connectivity index (χ3n) is 5.35. The lowest BCUT2D eigenvalue weighted by Gasteiger charge is -2.37. The second kappa shape index (κ2) is 8.70. The molecule has 0 spiro atoms. The molecule has 2 aliphatic rings. The van der Waals surface area contributed by atoms with Crippen molar-refractivity contribution in [2.45, 2.75) is 19.5 Å². The van der Waals surface area contributed by atoms with Crippen LogP contribution in [0.3, 0.4) is 0 Å². The summed E-state index contributed by atoms with van der Waals surface area (Å²) in [6, 6.07) is 7.31. The fourth-order valence-corrected chi connectivity index (χ4v) is 3.87. The van der Waals surface area contributed by atoms with E-state index < -0.39 is 11.7 Å². The lowest BCUT2D eigenvalue weighted by atomic mass is 10.1. The van der Waals surface area contributed by atoms with Gasteiger partial charge >= 0.3 is 6.18 Å². The minimum absolute atomic E-state index is 0.483. The Balaban J connectivity index is 1.37. The number of anilines is 1. The minimum atomic E-state index is -4.35. The maximum atomic E-state index is 13.0. The molecular weight excluding hydrogens is 427 g/mol. The van der Waals surface area contributed by atoms with E-state index in [1.54, 1.807) is 12.3 Å². The molecule has 0 bridgehead atoms. The third kappa shape index (κ3) is 4.73. The van der Waals surface area contributed by atoms with Gasteiger partial charge in [-0.2, -0.15) is 18.3 Å². The Morgan fingerprint density at radius 3 is 2.71 bits per heavy atom. The number of benzene rings is 1. The van der Waals surface area contributed by atoms with Crippen molar-refractivity contribution < 1.29 is 17.9 Å². The fraction of sp³-hybridized carbons (Fsp3) is 0.381. The average Bonchev–Trinajstić information content (AvgIpc) is 2.77. The smallest absolute Gasteiger partial charge is 0.416 e. The van der Waals surface area contributed by atoms with Crippen molar-refractivity contribution in [1.82, 2.24) is 15.3 Å². The van der Waals surface area contributed by atoms with Gasteiger partial charge in [-0.25, -0.2) is 0 Å². The zero-order valence-electron chi connectivity index (χ0n) is 16.9. The fourth-order valence-electron chi connectivity index (χ4n) is 3.64. The van der Waals surface area contributed by atoms with Crippen LogP contribution in [0.25, 0.3) is 0 Å². The molecule has 1 saturated heterocycles. The molecular formula is C21H22F3N5OS. The number of nitrogens with one attached hydrogen (secondary N) is 1. The molecule has 1 aromatic heterocycles. The molecule has 0 amide bonds. The lowest BCUT2D eigenvalue weighted by Crippen LogP contribution is -2.51. The van der Waals surface area contributed by atoms with Crippen molar-refractivity contribution in [2.75, 3.05) is 37.7 Å². The molecule has 3 heterocycles. The van der Waals surface area contributed by atoms with E-state index in [9.17, 15) is 13.2 Å². The first-order chi connectivity index (χ1) is 14.8. The second-order valence-corrected chi connectivity index (χ2v) is 7.79. The monoisotopic (exact) mass is 449 g/mol. The SMILES string of the molecule is Cc1ccnc2c1OCC/C2=N/NC(=S)N1CCN(c2cccc(C(F)(F)F)c2)CC1. The van der Waals surface area contributed by atoms with Gasteiger partial charge < -0.3 is 14.5 Å². The first-order valence-corrected chi connectivity index (χ1v) is 10.4. The summed E-state index contributed by atoms with van der Waals surface area (Å²) in [7, 11) is 0. The topological polar surface area (TPSA) is 53.0 Å². The number of alkyl halides is 3. The summed E-state index contributed by atoms with van der Waals surface area (Å²) < 4.78 is 44.6. The number of rotatable bonds is 2. The molecule has 1 fully saturated rings. The van der Waals surface area contributed by atoms with E-state index in [1.807, 2.05) is 22.8 Å². The molecule has 0 unspecified atom stereocenters. The van der Waals surface area contributed by atoms with Gasteiger partial charge in [0, 0.05) is 44.5 Å². The number of aryl methyl sites for hydroxylation is 1. The predicted molar refractivity (Wildman–Crippen MR) is 117 cm³/mol. The van der Waals surface area contributed by atoms with Gasteiger partial charge in [-0.3, -0.25) is 10.4 Å². The van der Waals surface area contributed by atoms with E-state index >= 15 is 0 Å². The van der Waals surface area contributed by atoms with Crippen molar-refractivity contribution in [2.24, 2.45) is 5.10 Å². The number of hydrazone groups is 1. The van der Waals surface area contributed by atoms with Gasteiger partial charge in [0.1, 0.15) is 11.4 Å². The molecule has 0 atom stereocenters. The molecule has 1 N–H and O–H groups in total. The van der Waals surface area contributed by atoms with Crippen molar-refractivity contribution in [3.05, 3.63) is 53.3 Å². The average molecular weight is 450 g/mol. The lowest BCUT2D eigenvalue weighted by molar-refractivity contribution is -0.137. The molecule has 1 aromatic carbocycles. The van der Waals surface area contributed by atoms with Crippen LogP contribution in [0.4, 0.5) is 18.9 Å². The zero-order chi connectivity index (χ0) is 22.0.